The number of halogens is 2. The molecule has 6 heteroatoms. The first-order valence-electron chi connectivity index (χ1n) is 6.79. The van der Waals surface area contributed by atoms with Crippen molar-refractivity contribution in [3.05, 3.63) is 40.4 Å². The Bertz CT molecular complexity index is 673. The Labute approximate surface area is 125 Å². The minimum Gasteiger partial charge on any atom is -0.338 e. The van der Waals surface area contributed by atoms with Gasteiger partial charge in [-0.15, -0.1) is 11.3 Å². The largest absolute Gasteiger partial charge is 0.338 e. The molecule has 0 atom stereocenters. The molecule has 1 saturated heterocycles. The lowest BCUT2D eigenvalue weighted by Gasteiger charge is -2.13. The van der Waals surface area contributed by atoms with Gasteiger partial charge >= 0.3 is 0 Å². The van der Waals surface area contributed by atoms with Crippen molar-refractivity contribution in [2.75, 3.05) is 13.1 Å². The number of carbonyl (C=O) groups excluding carboxylic acids is 1. The molecule has 1 aromatic carbocycles. The highest BCUT2D eigenvalue weighted by Crippen LogP contribution is 2.32. The topological polar surface area (TPSA) is 33.2 Å². The van der Waals surface area contributed by atoms with Gasteiger partial charge in [0.25, 0.3) is 5.91 Å². The number of hydrogen-bond donors (Lipinski definition) is 0. The standard InChI is InChI=1S/C15H14F2N2OS/c1-9-13(15(20)19-7-2-3-8-19)21-14(18-9)12-10(16)5-4-6-11(12)17/h4-6H,2-3,7-8H2,1H3. The number of nitrogens with zero attached hydrogens (tertiary/aromatic N) is 2. The molecule has 0 unspecified atom stereocenters. The van der Waals surface area contributed by atoms with Crippen LogP contribution in [0.5, 0.6) is 0 Å². The van der Waals surface area contributed by atoms with E-state index < -0.39 is 11.6 Å². The maximum absolute atomic E-state index is 13.8. The zero-order valence-corrected chi connectivity index (χ0v) is 12.3. The molecule has 0 radical (unpaired) electrons. The van der Waals surface area contributed by atoms with E-state index in [1.54, 1.807) is 11.8 Å². The first-order chi connectivity index (χ1) is 10.1. The Balaban J connectivity index is 2.00. The summed E-state index contributed by atoms with van der Waals surface area (Å²) < 4.78 is 27.6. The zero-order chi connectivity index (χ0) is 15.0. The summed E-state index contributed by atoms with van der Waals surface area (Å²) in [6, 6.07) is 3.69. The van der Waals surface area contributed by atoms with Crippen LogP contribution >= 0.6 is 11.3 Å². The van der Waals surface area contributed by atoms with Crippen LogP contribution in [-0.4, -0.2) is 28.9 Å². The molecule has 21 heavy (non-hydrogen) atoms. The Morgan fingerprint density at radius 1 is 1.24 bits per heavy atom. The van der Waals surface area contributed by atoms with Crippen molar-refractivity contribution in [3.63, 3.8) is 0 Å². The number of benzene rings is 1. The number of aromatic nitrogens is 1. The molecule has 0 saturated carbocycles. The van der Waals surface area contributed by atoms with Crippen LogP contribution in [0.2, 0.25) is 0 Å². The smallest absolute Gasteiger partial charge is 0.265 e. The molecule has 1 aliphatic heterocycles. The fourth-order valence-electron chi connectivity index (χ4n) is 2.47. The second-order valence-electron chi connectivity index (χ2n) is 5.03. The van der Waals surface area contributed by atoms with Gasteiger partial charge in [0.1, 0.15) is 21.5 Å². The molecule has 1 aromatic heterocycles. The van der Waals surface area contributed by atoms with Crippen LogP contribution < -0.4 is 0 Å². The second-order valence-corrected chi connectivity index (χ2v) is 6.03. The highest BCUT2D eigenvalue weighted by atomic mass is 32.1. The number of rotatable bonds is 2. The highest BCUT2D eigenvalue weighted by Gasteiger charge is 2.25. The molecule has 1 fully saturated rings. The summed E-state index contributed by atoms with van der Waals surface area (Å²) in [5.74, 6) is -1.42. The van der Waals surface area contributed by atoms with E-state index >= 15 is 0 Å². The Kier molecular flexibility index (Phi) is 3.71. The Hall–Kier alpha value is -1.82. The molecule has 110 valence electrons. The predicted molar refractivity (Wildman–Crippen MR) is 77.3 cm³/mol. The number of thiazole rings is 1. The molecule has 0 bridgehead atoms. The molecular weight excluding hydrogens is 294 g/mol. The molecule has 1 aliphatic rings. The number of aryl methyl sites for hydroxylation is 1. The lowest BCUT2D eigenvalue weighted by Crippen LogP contribution is -2.27. The van der Waals surface area contributed by atoms with Crippen molar-refractivity contribution in [3.8, 4) is 10.6 Å². The summed E-state index contributed by atoms with van der Waals surface area (Å²) in [5.41, 5.74) is 0.362. The average molecular weight is 308 g/mol. The van der Waals surface area contributed by atoms with Crippen LogP contribution in [0.4, 0.5) is 8.78 Å². The number of hydrogen-bond acceptors (Lipinski definition) is 3. The van der Waals surface area contributed by atoms with Crippen LogP contribution in [0, 0.1) is 18.6 Å². The summed E-state index contributed by atoms with van der Waals surface area (Å²) in [6.07, 6.45) is 2.00. The van der Waals surface area contributed by atoms with Gasteiger partial charge in [0.15, 0.2) is 0 Å². The first kappa shape index (κ1) is 14.1. The fourth-order valence-corrected chi connectivity index (χ4v) is 3.55. The van der Waals surface area contributed by atoms with Crippen molar-refractivity contribution in [1.82, 2.24) is 9.88 Å². The SMILES string of the molecule is Cc1nc(-c2c(F)cccc2F)sc1C(=O)N1CCCC1. The van der Waals surface area contributed by atoms with Gasteiger partial charge < -0.3 is 4.90 Å². The minimum atomic E-state index is -0.663. The second kappa shape index (κ2) is 5.52. The molecule has 0 N–H and O–H groups in total. The molecule has 2 heterocycles. The van der Waals surface area contributed by atoms with Crippen molar-refractivity contribution in [2.24, 2.45) is 0 Å². The van der Waals surface area contributed by atoms with E-state index in [-0.39, 0.29) is 16.5 Å². The molecular formula is C15H14F2N2OS. The van der Waals surface area contributed by atoms with E-state index in [0.29, 0.717) is 10.6 Å². The molecule has 3 rings (SSSR count). The summed E-state index contributed by atoms with van der Waals surface area (Å²) >= 11 is 1.05. The number of likely N-dealkylation sites (tertiary alicyclic amines) is 1. The molecule has 0 spiro atoms. The van der Waals surface area contributed by atoms with Crippen LogP contribution in [0.3, 0.4) is 0 Å². The van der Waals surface area contributed by atoms with E-state index in [1.165, 1.54) is 18.2 Å². The summed E-state index contributed by atoms with van der Waals surface area (Å²) in [7, 11) is 0. The quantitative estimate of drug-likeness (QED) is 0.849. The number of carbonyl (C=O) groups is 1. The third kappa shape index (κ3) is 2.55. The Morgan fingerprint density at radius 3 is 2.48 bits per heavy atom. The maximum Gasteiger partial charge on any atom is 0.265 e. The zero-order valence-electron chi connectivity index (χ0n) is 11.5. The van der Waals surface area contributed by atoms with Crippen molar-refractivity contribution < 1.29 is 13.6 Å². The van der Waals surface area contributed by atoms with Gasteiger partial charge in [0.2, 0.25) is 0 Å². The third-order valence-corrected chi connectivity index (χ3v) is 4.72. The first-order valence-corrected chi connectivity index (χ1v) is 7.60. The molecule has 3 nitrogen and oxygen atoms in total. The summed E-state index contributed by atoms with van der Waals surface area (Å²) in [4.78, 5) is 18.8. The van der Waals surface area contributed by atoms with E-state index in [9.17, 15) is 13.6 Å². The Morgan fingerprint density at radius 2 is 1.86 bits per heavy atom. The van der Waals surface area contributed by atoms with Gasteiger partial charge in [-0.25, -0.2) is 13.8 Å². The van der Waals surface area contributed by atoms with Gasteiger partial charge in [0.05, 0.1) is 11.3 Å². The van der Waals surface area contributed by atoms with Crippen molar-refractivity contribution in [2.45, 2.75) is 19.8 Å². The van der Waals surface area contributed by atoms with Gasteiger partial charge in [-0.05, 0) is 31.9 Å². The fraction of sp³-hybridized carbons (Fsp3) is 0.333. The van der Waals surface area contributed by atoms with Crippen LogP contribution in [0.15, 0.2) is 18.2 Å². The third-order valence-electron chi connectivity index (χ3n) is 3.56. The number of amides is 1. The normalized spacial score (nSPS) is 14.7. The molecule has 2 aromatic rings. The monoisotopic (exact) mass is 308 g/mol. The maximum atomic E-state index is 13.8. The van der Waals surface area contributed by atoms with Crippen molar-refractivity contribution >= 4 is 17.2 Å². The molecule has 1 amide bonds. The van der Waals surface area contributed by atoms with E-state index in [2.05, 4.69) is 4.98 Å². The lowest BCUT2D eigenvalue weighted by atomic mass is 10.2. The molecule has 0 aliphatic carbocycles. The average Bonchev–Trinajstić information content (AvgIpc) is 3.07. The van der Waals surface area contributed by atoms with E-state index in [4.69, 9.17) is 0 Å². The summed E-state index contributed by atoms with van der Waals surface area (Å²) in [5, 5.41) is 0.214. The minimum absolute atomic E-state index is 0.0921. The van der Waals surface area contributed by atoms with E-state index in [0.717, 1.165) is 37.3 Å². The van der Waals surface area contributed by atoms with Gasteiger partial charge in [-0.1, -0.05) is 6.07 Å². The highest BCUT2D eigenvalue weighted by molar-refractivity contribution is 7.17. The van der Waals surface area contributed by atoms with Gasteiger partial charge in [0, 0.05) is 13.1 Å². The predicted octanol–water partition coefficient (Wildman–Crippen LogP) is 3.63. The van der Waals surface area contributed by atoms with E-state index in [1.807, 2.05) is 0 Å². The van der Waals surface area contributed by atoms with Gasteiger partial charge in [-0.2, -0.15) is 0 Å². The lowest BCUT2D eigenvalue weighted by molar-refractivity contribution is 0.0796. The van der Waals surface area contributed by atoms with Crippen LogP contribution in [-0.2, 0) is 0 Å². The van der Waals surface area contributed by atoms with Gasteiger partial charge in [-0.3, -0.25) is 4.79 Å². The van der Waals surface area contributed by atoms with Crippen LogP contribution in [0.1, 0.15) is 28.2 Å². The summed E-state index contributed by atoms with van der Waals surface area (Å²) in [6.45, 7) is 3.17. The van der Waals surface area contributed by atoms with Crippen LogP contribution in [0.25, 0.3) is 10.6 Å². The van der Waals surface area contributed by atoms with Crippen molar-refractivity contribution in [1.29, 1.82) is 0 Å².